The number of rotatable bonds is 3. The minimum Gasteiger partial charge on any atom is -0.0733 e. The van der Waals surface area contributed by atoms with Crippen LogP contribution in [0.1, 0.15) is 73.1 Å². The number of hydrogen-bond acceptors (Lipinski definition) is 0. The summed E-state index contributed by atoms with van der Waals surface area (Å²) in [6.45, 7) is 12.1. The number of allylic oxidation sites excluding steroid dienone is 2. The fraction of sp³-hybridized carbons (Fsp3) is 0.875. The summed E-state index contributed by atoms with van der Waals surface area (Å²) in [5.41, 5.74) is 4.76. The Bertz CT molecular complexity index is 308. The summed E-state index contributed by atoms with van der Waals surface area (Å²) in [6, 6.07) is 0. The molecule has 0 saturated heterocycles. The molecule has 0 heterocycles. The van der Waals surface area contributed by atoms with Crippen LogP contribution < -0.4 is 0 Å². The van der Waals surface area contributed by atoms with Crippen LogP contribution in [0.15, 0.2) is 11.1 Å². The normalized spacial score (nSPS) is 39.2. The van der Waals surface area contributed by atoms with Gasteiger partial charge in [-0.1, -0.05) is 45.3 Å². The second-order valence-corrected chi connectivity index (χ2v) is 7.30. The fourth-order valence-corrected chi connectivity index (χ4v) is 4.69. The zero-order valence-electron chi connectivity index (χ0n) is 11.8. The maximum atomic E-state index is 2.51. The molecule has 0 amide bonds. The molecule has 2 unspecified atom stereocenters. The summed E-state index contributed by atoms with van der Waals surface area (Å²) in [6.07, 6.45) is 8.36. The Morgan fingerprint density at radius 1 is 1.25 bits per heavy atom. The van der Waals surface area contributed by atoms with Crippen molar-refractivity contribution in [3.8, 4) is 0 Å². The molecule has 0 heteroatoms. The molecule has 16 heavy (non-hydrogen) atoms. The molecule has 0 nitrogen and oxygen atoms in total. The van der Waals surface area contributed by atoms with E-state index in [2.05, 4.69) is 34.6 Å². The second-order valence-electron chi connectivity index (χ2n) is 7.30. The average Bonchev–Trinajstić information content (AvgIpc) is 2.10. The third-order valence-electron chi connectivity index (χ3n) is 4.79. The highest BCUT2D eigenvalue weighted by Gasteiger charge is 2.54. The number of fused-ring (bicyclic) bond motifs is 2. The second kappa shape index (κ2) is 3.89. The van der Waals surface area contributed by atoms with Crippen molar-refractivity contribution in [2.75, 3.05) is 0 Å². The van der Waals surface area contributed by atoms with Crippen LogP contribution in [-0.4, -0.2) is 0 Å². The van der Waals surface area contributed by atoms with Crippen molar-refractivity contribution in [1.82, 2.24) is 0 Å². The molecular weight excluding hydrogens is 192 g/mol. The lowest BCUT2D eigenvalue weighted by Gasteiger charge is -2.60. The standard InChI is InChI=1S/C16H28/c1-6-7-8-12(2)14-13-9-15(3,4)11-16(14,5)10-13/h13H,6-11H2,1-5H3/b14-12-. The molecule has 3 fully saturated rings. The first kappa shape index (κ1) is 12.2. The maximum absolute atomic E-state index is 2.51. The predicted octanol–water partition coefficient (Wildman–Crippen LogP) is 5.34. The first-order valence-corrected chi connectivity index (χ1v) is 7.08. The van der Waals surface area contributed by atoms with Crippen LogP contribution in [0.3, 0.4) is 0 Å². The Morgan fingerprint density at radius 3 is 2.50 bits per heavy atom. The van der Waals surface area contributed by atoms with Crippen molar-refractivity contribution >= 4 is 0 Å². The van der Waals surface area contributed by atoms with E-state index in [-0.39, 0.29) is 0 Å². The molecule has 3 saturated carbocycles. The fourth-order valence-electron chi connectivity index (χ4n) is 4.69. The summed E-state index contributed by atoms with van der Waals surface area (Å²) in [7, 11) is 0. The van der Waals surface area contributed by atoms with Crippen molar-refractivity contribution in [1.29, 1.82) is 0 Å². The predicted molar refractivity (Wildman–Crippen MR) is 71.5 cm³/mol. The molecule has 2 bridgehead atoms. The van der Waals surface area contributed by atoms with Crippen molar-refractivity contribution in [2.45, 2.75) is 73.1 Å². The number of hydrogen-bond donors (Lipinski definition) is 0. The van der Waals surface area contributed by atoms with E-state index in [0.29, 0.717) is 10.8 Å². The van der Waals surface area contributed by atoms with Gasteiger partial charge in [-0.2, -0.15) is 0 Å². The highest BCUT2D eigenvalue weighted by molar-refractivity contribution is 5.34. The van der Waals surface area contributed by atoms with Gasteiger partial charge in [-0.3, -0.25) is 0 Å². The Labute approximate surface area is 102 Å². The molecule has 0 spiro atoms. The smallest absolute Gasteiger partial charge is 0.0100 e. The zero-order chi connectivity index (χ0) is 12.0. The van der Waals surface area contributed by atoms with Gasteiger partial charge in [0.1, 0.15) is 0 Å². The van der Waals surface area contributed by atoms with Gasteiger partial charge in [0.2, 0.25) is 0 Å². The monoisotopic (exact) mass is 220 g/mol. The largest absolute Gasteiger partial charge is 0.0733 e. The van der Waals surface area contributed by atoms with Gasteiger partial charge in [-0.15, -0.1) is 0 Å². The van der Waals surface area contributed by atoms with E-state index in [1.165, 1.54) is 38.5 Å². The van der Waals surface area contributed by atoms with E-state index in [9.17, 15) is 0 Å². The van der Waals surface area contributed by atoms with Crippen LogP contribution in [0.4, 0.5) is 0 Å². The maximum Gasteiger partial charge on any atom is -0.0100 e. The van der Waals surface area contributed by atoms with Gasteiger partial charge >= 0.3 is 0 Å². The third kappa shape index (κ3) is 1.96. The van der Waals surface area contributed by atoms with Gasteiger partial charge in [0.15, 0.2) is 0 Å². The first-order valence-electron chi connectivity index (χ1n) is 7.08. The molecule has 3 aliphatic rings. The highest BCUT2D eigenvalue weighted by Crippen LogP contribution is 2.65. The van der Waals surface area contributed by atoms with E-state index in [4.69, 9.17) is 0 Å². The van der Waals surface area contributed by atoms with Crippen LogP contribution in [-0.2, 0) is 0 Å². The van der Waals surface area contributed by atoms with Gasteiger partial charge in [-0.05, 0) is 55.8 Å². The van der Waals surface area contributed by atoms with Crippen LogP contribution in [0, 0.1) is 16.7 Å². The molecule has 2 atom stereocenters. The van der Waals surface area contributed by atoms with Crippen molar-refractivity contribution < 1.29 is 0 Å². The minimum absolute atomic E-state index is 0.574. The molecular formula is C16H28. The van der Waals surface area contributed by atoms with E-state index >= 15 is 0 Å². The molecule has 0 radical (unpaired) electrons. The van der Waals surface area contributed by atoms with Crippen LogP contribution in [0.5, 0.6) is 0 Å². The molecule has 0 N–H and O–H groups in total. The lowest BCUT2D eigenvalue weighted by atomic mass is 9.45. The molecule has 3 aliphatic carbocycles. The van der Waals surface area contributed by atoms with Crippen molar-refractivity contribution in [3.63, 3.8) is 0 Å². The quantitative estimate of drug-likeness (QED) is 0.563. The van der Waals surface area contributed by atoms with Crippen molar-refractivity contribution in [2.24, 2.45) is 16.7 Å². The van der Waals surface area contributed by atoms with E-state index < -0.39 is 0 Å². The van der Waals surface area contributed by atoms with E-state index in [0.717, 1.165) is 5.92 Å². The van der Waals surface area contributed by atoms with E-state index in [1.54, 1.807) is 5.57 Å². The number of unbranched alkanes of at least 4 members (excludes halogenated alkanes) is 1. The first-order chi connectivity index (χ1) is 7.38. The van der Waals surface area contributed by atoms with Crippen molar-refractivity contribution in [3.05, 3.63) is 11.1 Å². The highest BCUT2D eigenvalue weighted by atomic mass is 14.6. The Kier molecular flexibility index (Phi) is 2.97. The summed E-state index contributed by atoms with van der Waals surface area (Å²) in [5.74, 6) is 0.936. The summed E-state index contributed by atoms with van der Waals surface area (Å²) >= 11 is 0. The third-order valence-corrected chi connectivity index (χ3v) is 4.79. The molecule has 0 aromatic heterocycles. The van der Waals surface area contributed by atoms with Crippen LogP contribution >= 0.6 is 0 Å². The van der Waals surface area contributed by atoms with E-state index in [1.807, 2.05) is 5.57 Å². The van der Waals surface area contributed by atoms with Gasteiger partial charge < -0.3 is 0 Å². The minimum atomic E-state index is 0.574. The Hall–Kier alpha value is -0.260. The molecule has 0 aromatic carbocycles. The van der Waals surface area contributed by atoms with Gasteiger partial charge in [0, 0.05) is 0 Å². The van der Waals surface area contributed by atoms with Gasteiger partial charge in [0.25, 0.3) is 0 Å². The molecule has 3 rings (SSSR count). The Balaban J connectivity index is 2.15. The van der Waals surface area contributed by atoms with Gasteiger partial charge in [-0.25, -0.2) is 0 Å². The van der Waals surface area contributed by atoms with Crippen LogP contribution in [0.2, 0.25) is 0 Å². The summed E-state index contributed by atoms with van der Waals surface area (Å²) in [4.78, 5) is 0. The molecule has 0 aliphatic heterocycles. The summed E-state index contributed by atoms with van der Waals surface area (Å²) < 4.78 is 0. The lowest BCUT2D eigenvalue weighted by molar-refractivity contribution is 0.0117. The zero-order valence-corrected chi connectivity index (χ0v) is 11.8. The lowest BCUT2D eigenvalue weighted by Crippen LogP contribution is -2.49. The van der Waals surface area contributed by atoms with Gasteiger partial charge in [0.05, 0.1) is 0 Å². The average molecular weight is 220 g/mol. The Morgan fingerprint density at radius 2 is 1.94 bits per heavy atom. The summed E-state index contributed by atoms with van der Waals surface area (Å²) in [5, 5.41) is 0. The van der Waals surface area contributed by atoms with Crippen LogP contribution in [0.25, 0.3) is 0 Å². The SMILES string of the molecule is CCCC/C(C)=C1/C2CC(C)(C)CC1(C)C2. The molecule has 0 aromatic rings. The topological polar surface area (TPSA) is 0 Å². The molecule has 92 valence electrons.